The van der Waals surface area contributed by atoms with Crippen molar-refractivity contribution in [2.45, 2.75) is 43.2 Å². The minimum absolute atomic E-state index is 0.145. The van der Waals surface area contributed by atoms with Crippen LogP contribution in [0.4, 0.5) is 0 Å². The fourth-order valence-corrected chi connectivity index (χ4v) is 3.94. The third kappa shape index (κ3) is 2.58. The molecule has 0 amide bonds. The highest BCUT2D eigenvalue weighted by molar-refractivity contribution is 8.01. The maximum Gasteiger partial charge on any atom is 0.275 e. The van der Waals surface area contributed by atoms with Crippen LogP contribution < -0.4 is 5.56 Å². The van der Waals surface area contributed by atoms with Crippen molar-refractivity contribution in [3.8, 4) is 0 Å². The fourth-order valence-electron chi connectivity index (χ4n) is 1.94. The van der Waals surface area contributed by atoms with E-state index in [1.807, 2.05) is 25.3 Å². The Kier molecular flexibility index (Phi) is 3.77. The van der Waals surface area contributed by atoms with Gasteiger partial charge in [-0.3, -0.25) is 4.79 Å². The van der Waals surface area contributed by atoms with E-state index >= 15 is 0 Å². The first kappa shape index (κ1) is 14.2. The Morgan fingerprint density at radius 3 is 2.86 bits per heavy atom. The zero-order valence-electron chi connectivity index (χ0n) is 11.9. The predicted molar refractivity (Wildman–Crippen MR) is 81.1 cm³/mol. The van der Waals surface area contributed by atoms with E-state index in [1.165, 1.54) is 33.7 Å². The Hall–Kier alpha value is -1.74. The number of hydrogen-bond donors (Lipinski definition) is 0. The van der Waals surface area contributed by atoms with Crippen LogP contribution in [0.15, 0.2) is 20.4 Å². The Balaban J connectivity index is 2.01. The summed E-state index contributed by atoms with van der Waals surface area (Å²) in [6.07, 6.45) is 0.732. The molecule has 3 aromatic rings. The molecule has 0 radical (unpaired) electrons. The smallest absolute Gasteiger partial charge is 0.275 e. The van der Waals surface area contributed by atoms with Crippen LogP contribution in [0, 0.1) is 6.92 Å². The summed E-state index contributed by atoms with van der Waals surface area (Å²) in [6, 6.07) is 1.53. The average molecular weight is 322 g/mol. The van der Waals surface area contributed by atoms with E-state index in [-0.39, 0.29) is 5.56 Å². The summed E-state index contributed by atoms with van der Waals surface area (Å²) in [7, 11) is 0. The van der Waals surface area contributed by atoms with E-state index in [1.54, 1.807) is 0 Å². The summed E-state index contributed by atoms with van der Waals surface area (Å²) >= 11 is 2.79. The van der Waals surface area contributed by atoms with Gasteiger partial charge in [0.1, 0.15) is 5.82 Å². The van der Waals surface area contributed by atoms with Crippen LogP contribution in [0.1, 0.15) is 25.4 Å². The SMILES string of the molecule is CCc1cc(=O)n2nc(Sc3nnc(C)n3CC)sc2n1. The molecule has 7 nitrogen and oxygen atoms in total. The number of hydrogen-bond acceptors (Lipinski definition) is 7. The molecule has 9 heteroatoms. The van der Waals surface area contributed by atoms with Crippen LogP contribution in [-0.4, -0.2) is 29.4 Å². The van der Waals surface area contributed by atoms with Gasteiger partial charge in [-0.15, -0.1) is 15.3 Å². The molecule has 0 atom stereocenters. The van der Waals surface area contributed by atoms with E-state index in [9.17, 15) is 4.79 Å². The van der Waals surface area contributed by atoms with Gasteiger partial charge in [0.05, 0.1) is 0 Å². The van der Waals surface area contributed by atoms with Crippen molar-refractivity contribution in [1.29, 1.82) is 0 Å². The van der Waals surface area contributed by atoms with Crippen molar-refractivity contribution in [3.63, 3.8) is 0 Å². The minimum Gasteiger partial charge on any atom is -0.306 e. The Labute approximate surface area is 129 Å². The molecule has 0 bridgehead atoms. The van der Waals surface area contributed by atoms with Gasteiger partial charge in [0.25, 0.3) is 5.56 Å². The molecule has 0 aromatic carbocycles. The van der Waals surface area contributed by atoms with E-state index in [4.69, 9.17) is 0 Å². The first-order valence-corrected chi connectivity index (χ1v) is 8.23. The van der Waals surface area contributed by atoms with Gasteiger partial charge in [0.15, 0.2) is 9.50 Å². The molecule has 0 saturated heterocycles. The largest absolute Gasteiger partial charge is 0.306 e. The summed E-state index contributed by atoms with van der Waals surface area (Å²) in [5.74, 6) is 0.865. The van der Waals surface area contributed by atoms with E-state index in [0.29, 0.717) is 4.96 Å². The lowest BCUT2D eigenvalue weighted by molar-refractivity contribution is 0.661. The van der Waals surface area contributed by atoms with E-state index < -0.39 is 0 Å². The minimum atomic E-state index is -0.145. The maximum atomic E-state index is 12.0. The third-order valence-electron chi connectivity index (χ3n) is 3.04. The predicted octanol–water partition coefficient (Wildman–Crippen LogP) is 1.78. The number of aryl methyl sites for hydroxylation is 2. The molecule has 3 rings (SSSR count). The highest BCUT2D eigenvalue weighted by atomic mass is 32.2. The van der Waals surface area contributed by atoms with Crippen molar-refractivity contribution in [2.75, 3.05) is 0 Å². The first-order valence-electron chi connectivity index (χ1n) is 6.59. The number of fused-ring (bicyclic) bond motifs is 1. The fraction of sp³-hybridized carbons (Fsp3) is 0.417. The molecule has 0 spiro atoms. The van der Waals surface area contributed by atoms with Gasteiger partial charge < -0.3 is 4.57 Å². The van der Waals surface area contributed by atoms with Crippen LogP contribution in [0.3, 0.4) is 0 Å². The van der Waals surface area contributed by atoms with Gasteiger partial charge >= 0.3 is 0 Å². The molecule has 110 valence electrons. The van der Waals surface area contributed by atoms with Crippen LogP contribution in [0.25, 0.3) is 4.96 Å². The molecule has 0 aliphatic rings. The first-order chi connectivity index (χ1) is 10.1. The summed E-state index contributed by atoms with van der Waals surface area (Å²) in [4.78, 5) is 17.0. The van der Waals surface area contributed by atoms with E-state index in [0.717, 1.165) is 34.0 Å². The van der Waals surface area contributed by atoms with Gasteiger partial charge in [-0.05, 0) is 32.0 Å². The summed E-state index contributed by atoms with van der Waals surface area (Å²) in [5.41, 5.74) is 0.640. The van der Waals surface area contributed by atoms with Crippen LogP contribution in [0.2, 0.25) is 0 Å². The number of rotatable bonds is 4. The molecular weight excluding hydrogens is 308 g/mol. The lowest BCUT2D eigenvalue weighted by Gasteiger charge is -2.01. The molecule has 3 aromatic heterocycles. The molecule has 0 aliphatic carbocycles. The molecule has 3 heterocycles. The second-order valence-corrected chi connectivity index (χ2v) is 6.55. The lowest BCUT2D eigenvalue weighted by atomic mass is 10.3. The van der Waals surface area contributed by atoms with Crippen molar-refractivity contribution in [2.24, 2.45) is 0 Å². The Morgan fingerprint density at radius 2 is 2.14 bits per heavy atom. The van der Waals surface area contributed by atoms with Gasteiger partial charge in [-0.2, -0.15) is 4.52 Å². The standard InChI is InChI=1S/C12H14N6OS2/c1-4-8-6-9(19)18-10(13-8)20-12(16-18)21-11-15-14-7(3)17(11)5-2/h6H,4-5H2,1-3H3. The highest BCUT2D eigenvalue weighted by Gasteiger charge is 2.14. The number of aromatic nitrogens is 6. The summed E-state index contributed by atoms with van der Waals surface area (Å²) in [5, 5.41) is 13.3. The second-order valence-electron chi connectivity index (χ2n) is 4.38. The quantitative estimate of drug-likeness (QED) is 0.728. The number of nitrogens with zero attached hydrogens (tertiary/aromatic N) is 6. The summed E-state index contributed by atoms with van der Waals surface area (Å²) < 4.78 is 4.07. The highest BCUT2D eigenvalue weighted by Crippen LogP contribution is 2.29. The third-order valence-corrected chi connectivity index (χ3v) is 4.98. The van der Waals surface area contributed by atoms with Crippen LogP contribution in [-0.2, 0) is 13.0 Å². The topological polar surface area (TPSA) is 78.0 Å². The molecule has 0 fully saturated rings. The molecule has 21 heavy (non-hydrogen) atoms. The maximum absolute atomic E-state index is 12.0. The molecule has 0 aliphatic heterocycles. The molecule has 0 saturated carbocycles. The Morgan fingerprint density at radius 1 is 1.33 bits per heavy atom. The zero-order chi connectivity index (χ0) is 15.0. The lowest BCUT2D eigenvalue weighted by Crippen LogP contribution is -2.15. The van der Waals surface area contributed by atoms with E-state index in [2.05, 4.69) is 20.3 Å². The summed E-state index contributed by atoms with van der Waals surface area (Å²) in [6.45, 7) is 6.72. The van der Waals surface area contributed by atoms with Gasteiger partial charge in [-0.1, -0.05) is 18.3 Å². The average Bonchev–Trinajstić information content (AvgIpc) is 3.02. The second kappa shape index (κ2) is 5.57. The van der Waals surface area contributed by atoms with Crippen molar-refractivity contribution in [1.82, 2.24) is 29.4 Å². The van der Waals surface area contributed by atoms with Crippen LogP contribution >= 0.6 is 23.1 Å². The molecule has 0 N–H and O–H groups in total. The van der Waals surface area contributed by atoms with Crippen molar-refractivity contribution in [3.05, 3.63) is 27.9 Å². The molecular formula is C12H14N6OS2. The molecule has 0 unspecified atom stereocenters. The van der Waals surface area contributed by atoms with Gasteiger partial charge in [0, 0.05) is 18.3 Å². The van der Waals surface area contributed by atoms with Gasteiger partial charge in [0.2, 0.25) is 4.96 Å². The normalized spacial score (nSPS) is 11.4. The van der Waals surface area contributed by atoms with Gasteiger partial charge in [-0.25, -0.2) is 4.98 Å². The monoisotopic (exact) mass is 322 g/mol. The zero-order valence-corrected chi connectivity index (χ0v) is 13.5. The van der Waals surface area contributed by atoms with Crippen molar-refractivity contribution >= 4 is 28.1 Å². The van der Waals surface area contributed by atoms with Crippen LogP contribution in [0.5, 0.6) is 0 Å². The Bertz CT molecular complexity index is 849. The van der Waals surface area contributed by atoms with Crippen molar-refractivity contribution < 1.29 is 0 Å².